The van der Waals surface area contributed by atoms with Gasteiger partial charge in [0.15, 0.2) is 11.0 Å². The van der Waals surface area contributed by atoms with E-state index in [9.17, 15) is 22.8 Å². The van der Waals surface area contributed by atoms with Crippen molar-refractivity contribution in [3.05, 3.63) is 94.9 Å². The summed E-state index contributed by atoms with van der Waals surface area (Å²) >= 11 is 1.22. The van der Waals surface area contributed by atoms with E-state index in [1.807, 2.05) is 57.2 Å². The summed E-state index contributed by atoms with van der Waals surface area (Å²) in [6.45, 7) is 7.59. The Morgan fingerprint density at radius 3 is 2.34 bits per heavy atom. The molecule has 44 heavy (non-hydrogen) atoms. The van der Waals surface area contributed by atoms with Gasteiger partial charge in [-0.15, -0.1) is 18.3 Å². The minimum absolute atomic E-state index is 0.128. The third kappa shape index (κ3) is 7.17. The lowest BCUT2D eigenvalue weighted by molar-refractivity contribution is -0.274. The number of nitrogens with one attached hydrogen (secondary N) is 1. The van der Waals surface area contributed by atoms with Gasteiger partial charge in [-0.2, -0.15) is 4.99 Å². The SMILES string of the molecule is C/C(=C\c1ccc(-c2ncn(-c3ccc(OC(F)(F)F)cc3)n2)cc1)NC(=O)N=C1SCC(=O)N1c1c(C)cc(C)cc1C. The molecule has 0 bridgehead atoms. The first-order chi connectivity index (χ1) is 20.9. The van der Waals surface area contributed by atoms with Crippen molar-refractivity contribution in [3.8, 4) is 22.8 Å². The van der Waals surface area contributed by atoms with E-state index in [4.69, 9.17) is 0 Å². The number of rotatable bonds is 6. The molecule has 2 heterocycles. The van der Waals surface area contributed by atoms with Crippen molar-refractivity contribution in [1.29, 1.82) is 0 Å². The monoisotopic (exact) mass is 620 g/mol. The van der Waals surface area contributed by atoms with Crippen LogP contribution >= 0.6 is 11.8 Å². The Kier molecular flexibility index (Phi) is 8.59. The number of alkyl halides is 3. The van der Waals surface area contributed by atoms with Crippen LogP contribution in [0.5, 0.6) is 5.75 Å². The number of thioether (sulfide) groups is 1. The molecule has 13 heteroatoms. The molecule has 1 N–H and O–H groups in total. The maximum absolute atomic E-state index is 12.8. The zero-order chi connectivity index (χ0) is 31.6. The van der Waals surface area contributed by atoms with Crippen molar-refractivity contribution in [1.82, 2.24) is 20.1 Å². The molecule has 3 amide bonds. The fraction of sp³-hybridized carbons (Fsp3) is 0.194. The van der Waals surface area contributed by atoms with Crippen molar-refractivity contribution >= 4 is 40.6 Å². The maximum Gasteiger partial charge on any atom is 0.573 e. The average molecular weight is 621 g/mol. The van der Waals surface area contributed by atoms with Gasteiger partial charge in [0.1, 0.15) is 12.1 Å². The van der Waals surface area contributed by atoms with Crippen molar-refractivity contribution in [3.63, 3.8) is 0 Å². The standard InChI is InChI=1S/C31H27F3N6O3S/c1-18-13-19(2)27(20(3)14-18)40-26(41)16-44-30(40)37-29(42)36-21(4)15-22-5-7-23(8-6-22)28-35-17-39(38-28)24-9-11-25(12-10-24)43-31(32,33)34/h5-15,17H,16H2,1-4H3,(H,36,42)/b21-15+,37-30?. The van der Waals surface area contributed by atoms with E-state index in [0.717, 1.165) is 33.5 Å². The van der Waals surface area contributed by atoms with E-state index in [1.54, 1.807) is 13.0 Å². The Morgan fingerprint density at radius 1 is 1.05 bits per heavy atom. The summed E-state index contributed by atoms with van der Waals surface area (Å²) < 4.78 is 42.6. The number of carbonyl (C=O) groups is 2. The van der Waals surface area contributed by atoms with Crippen LogP contribution in [-0.4, -0.2) is 44.0 Å². The van der Waals surface area contributed by atoms with E-state index in [1.165, 1.54) is 51.9 Å². The predicted molar refractivity (Wildman–Crippen MR) is 164 cm³/mol. The topological polar surface area (TPSA) is 102 Å². The van der Waals surface area contributed by atoms with Crippen LogP contribution in [0.4, 0.5) is 23.7 Å². The summed E-state index contributed by atoms with van der Waals surface area (Å²) in [5, 5.41) is 7.49. The van der Waals surface area contributed by atoms with Gasteiger partial charge in [0.2, 0.25) is 5.91 Å². The molecule has 1 aliphatic rings. The number of hydrogen-bond acceptors (Lipinski definition) is 6. The quantitative estimate of drug-likeness (QED) is 0.250. The van der Waals surface area contributed by atoms with Crippen molar-refractivity contribution < 1.29 is 27.5 Å². The Morgan fingerprint density at radius 2 is 1.70 bits per heavy atom. The molecule has 1 fully saturated rings. The molecule has 0 saturated carbocycles. The average Bonchev–Trinajstić information content (AvgIpc) is 3.56. The Hall–Kier alpha value is -4.91. The number of carbonyl (C=O) groups excluding carboxylic acids is 2. The molecule has 226 valence electrons. The summed E-state index contributed by atoms with van der Waals surface area (Å²) in [7, 11) is 0. The smallest absolute Gasteiger partial charge is 0.406 e. The van der Waals surface area contributed by atoms with Crippen molar-refractivity contribution in [2.75, 3.05) is 10.7 Å². The highest BCUT2D eigenvalue weighted by atomic mass is 32.2. The van der Waals surface area contributed by atoms with Gasteiger partial charge >= 0.3 is 12.4 Å². The lowest BCUT2D eigenvalue weighted by Gasteiger charge is -2.21. The minimum atomic E-state index is -4.76. The zero-order valence-corrected chi connectivity index (χ0v) is 25.0. The normalized spacial score (nSPS) is 14.8. The maximum atomic E-state index is 12.8. The molecule has 0 aliphatic carbocycles. The molecule has 5 rings (SSSR count). The lowest BCUT2D eigenvalue weighted by atomic mass is 10.0. The van der Waals surface area contributed by atoms with Crippen LogP contribution in [0.3, 0.4) is 0 Å². The fourth-order valence-corrected chi connectivity index (χ4v) is 5.66. The molecule has 1 saturated heterocycles. The third-order valence-electron chi connectivity index (χ3n) is 6.50. The van der Waals surface area contributed by atoms with Gasteiger partial charge in [-0.3, -0.25) is 9.69 Å². The van der Waals surface area contributed by atoms with Gasteiger partial charge in [0.05, 0.1) is 17.1 Å². The van der Waals surface area contributed by atoms with E-state index in [-0.39, 0.29) is 17.4 Å². The van der Waals surface area contributed by atoms with E-state index in [2.05, 4.69) is 25.1 Å². The molecule has 4 aromatic rings. The lowest BCUT2D eigenvalue weighted by Crippen LogP contribution is -2.32. The number of urea groups is 1. The molecule has 9 nitrogen and oxygen atoms in total. The van der Waals surface area contributed by atoms with E-state index >= 15 is 0 Å². The number of aliphatic imine (C=N–C) groups is 1. The van der Waals surface area contributed by atoms with Crippen LogP contribution in [0.25, 0.3) is 23.2 Å². The van der Waals surface area contributed by atoms with Crippen LogP contribution in [0.2, 0.25) is 0 Å². The number of allylic oxidation sites excluding steroid dienone is 1. The number of ether oxygens (including phenoxy) is 1. The second kappa shape index (κ2) is 12.4. The highest BCUT2D eigenvalue weighted by Gasteiger charge is 2.33. The van der Waals surface area contributed by atoms with Crippen LogP contribution in [0, 0.1) is 20.8 Å². The summed E-state index contributed by atoms with van der Waals surface area (Å²) in [5.41, 5.74) is 6.29. The van der Waals surface area contributed by atoms with Crippen LogP contribution in [0.15, 0.2) is 77.7 Å². The molecule has 0 radical (unpaired) electrons. The molecular formula is C31H27F3N6O3S. The number of amides is 3. The number of aryl methyl sites for hydroxylation is 3. The fourth-order valence-electron chi connectivity index (χ4n) is 4.81. The first-order valence-electron chi connectivity index (χ1n) is 13.4. The Balaban J connectivity index is 1.24. The van der Waals surface area contributed by atoms with Crippen LogP contribution in [-0.2, 0) is 4.79 Å². The number of amidine groups is 1. The number of halogens is 3. The van der Waals surface area contributed by atoms with Crippen LogP contribution in [0.1, 0.15) is 29.2 Å². The minimum Gasteiger partial charge on any atom is -0.406 e. The number of hydrogen-bond donors (Lipinski definition) is 1. The van der Waals surface area contributed by atoms with Crippen LogP contribution < -0.4 is 15.0 Å². The van der Waals surface area contributed by atoms with Crippen molar-refractivity contribution in [2.45, 2.75) is 34.1 Å². The molecule has 0 atom stereocenters. The van der Waals surface area contributed by atoms with Gasteiger partial charge in [-0.25, -0.2) is 14.5 Å². The van der Waals surface area contributed by atoms with Gasteiger partial charge < -0.3 is 10.1 Å². The van der Waals surface area contributed by atoms with Gasteiger partial charge in [0, 0.05) is 11.3 Å². The van der Waals surface area contributed by atoms with Gasteiger partial charge in [-0.05, 0) is 74.7 Å². The summed E-state index contributed by atoms with van der Waals surface area (Å²) in [6.07, 6.45) is -1.53. The molecular weight excluding hydrogens is 593 g/mol. The summed E-state index contributed by atoms with van der Waals surface area (Å²) in [6, 6.07) is 16.0. The summed E-state index contributed by atoms with van der Waals surface area (Å²) in [5.74, 6) is 0.170. The summed E-state index contributed by atoms with van der Waals surface area (Å²) in [4.78, 5) is 35.5. The molecule has 0 unspecified atom stereocenters. The highest BCUT2D eigenvalue weighted by molar-refractivity contribution is 8.15. The molecule has 1 aliphatic heterocycles. The molecule has 3 aromatic carbocycles. The van der Waals surface area contributed by atoms with Crippen molar-refractivity contribution in [2.24, 2.45) is 4.99 Å². The number of aromatic nitrogens is 3. The van der Waals surface area contributed by atoms with E-state index in [0.29, 0.717) is 22.4 Å². The Labute approximate surface area is 255 Å². The number of benzene rings is 3. The number of nitrogens with zero attached hydrogens (tertiary/aromatic N) is 5. The first-order valence-corrected chi connectivity index (χ1v) is 14.3. The zero-order valence-electron chi connectivity index (χ0n) is 24.1. The van der Waals surface area contributed by atoms with Gasteiger partial charge in [0.25, 0.3) is 0 Å². The molecule has 1 aromatic heterocycles. The number of anilines is 1. The second-order valence-corrected chi connectivity index (χ2v) is 11.0. The Bertz CT molecular complexity index is 1760. The second-order valence-electron chi connectivity index (χ2n) is 10.1. The third-order valence-corrected chi connectivity index (χ3v) is 7.43. The largest absolute Gasteiger partial charge is 0.573 e. The van der Waals surface area contributed by atoms with Gasteiger partial charge in [-0.1, -0.05) is 53.7 Å². The van der Waals surface area contributed by atoms with E-state index < -0.39 is 12.4 Å². The highest BCUT2D eigenvalue weighted by Crippen LogP contribution is 2.33. The first kappa shape index (κ1) is 30.5. The molecule has 0 spiro atoms. The predicted octanol–water partition coefficient (Wildman–Crippen LogP) is 6.96.